The molecule has 1 aromatic carbocycles. The number of para-hydroxylation sites is 1. The molecule has 4 heterocycles. The second-order valence-electron chi connectivity index (χ2n) is 9.59. The zero-order chi connectivity index (χ0) is 30.3. The summed E-state index contributed by atoms with van der Waals surface area (Å²) in [4.78, 5) is 29.2. The third kappa shape index (κ3) is 5.34. The van der Waals surface area contributed by atoms with Gasteiger partial charge in [0, 0.05) is 23.2 Å². The van der Waals surface area contributed by atoms with Gasteiger partial charge < -0.3 is 20.2 Å². The summed E-state index contributed by atoms with van der Waals surface area (Å²) in [7, 11) is 0. The summed E-state index contributed by atoms with van der Waals surface area (Å²) >= 11 is 0.662. The van der Waals surface area contributed by atoms with Crippen LogP contribution in [0, 0.1) is 20.8 Å². The monoisotopic (exact) mass is 597 g/mol. The van der Waals surface area contributed by atoms with Crippen LogP contribution in [-0.2, 0) is 19.3 Å². The Morgan fingerprint density at radius 2 is 1.83 bits per heavy atom. The number of carbonyl (C=O) groups is 2. The molecule has 0 saturated carbocycles. The molecule has 13 heteroatoms. The van der Waals surface area contributed by atoms with Gasteiger partial charge in [0.25, 0.3) is 11.8 Å². The first kappa shape index (κ1) is 28.9. The van der Waals surface area contributed by atoms with Crippen LogP contribution in [0.5, 0.6) is 5.75 Å². The van der Waals surface area contributed by atoms with Crippen LogP contribution in [0.15, 0.2) is 47.0 Å². The lowest BCUT2D eigenvalue weighted by Crippen LogP contribution is -2.16. The number of anilines is 1. The fourth-order valence-electron chi connectivity index (χ4n) is 4.70. The SMILES string of the molecule is CCn1ncc(-c2cc(C(F)(F)F)nc3sc(C(N)=O)c(NC(=O)c4ccc(COc5c(C)cccc5C)o4)c23)c1C. The Kier molecular flexibility index (Phi) is 7.54. The Hall–Kier alpha value is -4.65. The summed E-state index contributed by atoms with van der Waals surface area (Å²) < 4.78 is 54.7. The highest BCUT2D eigenvalue weighted by Crippen LogP contribution is 2.44. The number of thiophene rings is 1. The minimum Gasteiger partial charge on any atom is -0.485 e. The van der Waals surface area contributed by atoms with Crippen LogP contribution in [-0.4, -0.2) is 26.6 Å². The summed E-state index contributed by atoms with van der Waals surface area (Å²) in [6.07, 6.45) is -3.32. The molecule has 0 unspecified atom stereocenters. The quantitative estimate of drug-likeness (QED) is 0.206. The number of carbonyl (C=O) groups excluding carboxylic acids is 2. The topological polar surface area (TPSA) is 125 Å². The van der Waals surface area contributed by atoms with E-state index in [-0.39, 0.29) is 38.7 Å². The molecule has 9 nitrogen and oxygen atoms in total. The molecule has 218 valence electrons. The second kappa shape index (κ2) is 11.0. The minimum absolute atomic E-state index is 0.0574. The number of hydrogen-bond acceptors (Lipinski definition) is 7. The third-order valence-corrected chi connectivity index (χ3v) is 7.86. The maximum Gasteiger partial charge on any atom is 0.433 e. The maximum atomic E-state index is 13.8. The van der Waals surface area contributed by atoms with E-state index < -0.39 is 23.7 Å². The lowest BCUT2D eigenvalue weighted by atomic mass is 10.0. The molecule has 3 N–H and O–H groups in total. The molecule has 5 rings (SSSR count). The van der Waals surface area contributed by atoms with Crippen molar-refractivity contribution >= 4 is 39.1 Å². The summed E-state index contributed by atoms with van der Waals surface area (Å²) in [5.41, 5.74) is 7.37. The van der Waals surface area contributed by atoms with Gasteiger partial charge in [0.05, 0.1) is 11.9 Å². The van der Waals surface area contributed by atoms with E-state index in [1.807, 2.05) is 39.0 Å². The Bertz CT molecular complexity index is 1820. The zero-order valence-corrected chi connectivity index (χ0v) is 23.9. The molecule has 2 amide bonds. The van der Waals surface area contributed by atoms with E-state index in [1.165, 1.54) is 12.3 Å². The van der Waals surface area contributed by atoms with Crippen molar-refractivity contribution in [3.63, 3.8) is 0 Å². The van der Waals surface area contributed by atoms with Crippen molar-refractivity contribution in [2.45, 2.75) is 47.0 Å². The predicted molar refractivity (Wildman–Crippen MR) is 152 cm³/mol. The van der Waals surface area contributed by atoms with Gasteiger partial charge in [-0.15, -0.1) is 11.3 Å². The van der Waals surface area contributed by atoms with Gasteiger partial charge >= 0.3 is 6.18 Å². The van der Waals surface area contributed by atoms with Crippen molar-refractivity contribution in [1.82, 2.24) is 14.8 Å². The molecule has 0 fully saturated rings. The number of nitrogens with one attached hydrogen (secondary N) is 1. The number of ether oxygens (including phenoxy) is 1. The largest absolute Gasteiger partial charge is 0.485 e. The number of amides is 2. The van der Waals surface area contributed by atoms with Gasteiger partial charge in [-0.1, -0.05) is 18.2 Å². The minimum atomic E-state index is -4.76. The first-order chi connectivity index (χ1) is 19.9. The molecular formula is C29H26F3N5O4S. The summed E-state index contributed by atoms with van der Waals surface area (Å²) in [6.45, 7) is 7.94. The number of hydrogen-bond donors (Lipinski definition) is 2. The molecular weight excluding hydrogens is 571 g/mol. The van der Waals surface area contributed by atoms with Crippen LogP contribution < -0.4 is 15.8 Å². The highest BCUT2D eigenvalue weighted by atomic mass is 32.1. The number of nitrogens with zero attached hydrogens (tertiary/aromatic N) is 3. The molecule has 0 aliphatic carbocycles. The lowest BCUT2D eigenvalue weighted by Gasteiger charge is -2.12. The number of furan rings is 1. The van der Waals surface area contributed by atoms with E-state index in [1.54, 1.807) is 17.7 Å². The van der Waals surface area contributed by atoms with E-state index in [4.69, 9.17) is 14.9 Å². The standard InChI is InChI=1S/C29H26F3N5O4S/c1-5-37-16(4)19(12-34-37)18-11-21(29(30,31)32)35-28-22(18)23(25(42-28)26(33)38)36-27(39)20-10-9-17(41-20)13-40-24-14(2)7-6-8-15(24)3/h6-12H,5,13H2,1-4H3,(H2,33,38)(H,36,39). The Morgan fingerprint density at radius 3 is 2.45 bits per heavy atom. The van der Waals surface area contributed by atoms with Crippen molar-refractivity contribution in [2.75, 3.05) is 5.32 Å². The van der Waals surface area contributed by atoms with Crippen LogP contribution >= 0.6 is 11.3 Å². The number of aryl methyl sites for hydroxylation is 3. The van der Waals surface area contributed by atoms with Crippen LogP contribution in [0.2, 0.25) is 0 Å². The van der Waals surface area contributed by atoms with Gasteiger partial charge in [-0.3, -0.25) is 14.3 Å². The molecule has 0 radical (unpaired) electrons. The third-order valence-electron chi connectivity index (χ3n) is 6.76. The Labute approximate surface area is 242 Å². The van der Waals surface area contributed by atoms with Crippen LogP contribution in [0.25, 0.3) is 21.3 Å². The molecule has 0 atom stereocenters. The second-order valence-corrected chi connectivity index (χ2v) is 10.6. The van der Waals surface area contributed by atoms with Gasteiger partial charge in [-0.05, 0) is 62.6 Å². The number of benzene rings is 1. The lowest BCUT2D eigenvalue weighted by molar-refractivity contribution is -0.140. The predicted octanol–water partition coefficient (Wildman–Crippen LogP) is 6.65. The van der Waals surface area contributed by atoms with Crippen molar-refractivity contribution in [3.8, 4) is 16.9 Å². The van der Waals surface area contributed by atoms with Crippen LogP contribution in [0.4, 0.5) is 18.9 Å². The number of primary amides is 1. The van der Waals surface area contributed by atoms with Crippen LogP contribution in [0.1, 0.15) is 55.4 Å². The fourth-order valence-corrected chi connectivity index (χ4v) is 5.71. The first-order valence-electron chi connectivity index (χ1n) is 12.8. The van der Waals surface area contributed by atoms with E-state index in [2.05, 4.69) is 15.4 Å². The number of halogens is 3. The fraction of sp³-hybridized carbons (Fsp3) is 0.241. The average Bonchev–Trinajstić information content (AvgIpc) is 3.64. The summed E-state index contributed by atoms with van der Waals surface area (Å²) in [5, 5.41) is 7.03. The van der Waals surface area contributed by atoms with E-state index in [0.717, 1.165) is 17.2 Å². The van der Waals surface area contributed by atoms with Crippen LogP contribution in [0.3, 0.4) is 0 Å². The number of fused-ring (bicyclic) bond motifs is 1. The van der Waals surface area contributed by atoms with Gasteiger partial charge in [0.15, 0.2) is 5.76 Å². The number of aromatic nitrogens is 3. The highest BCUT2D eigenvalue weighted by molar-refractivity contribution is 7.21. The average molecular weight is 598 g/mol. The van der Waals surface area contributed by atoms with E-state index in [0.29, 0.717) is 40.6 Å². The molecule has 0 aliphatic rings. The van der Waals surface area contributed by atoms with Crippen molar-refractivity contribution in [3.05, 3.63) is 81.5 Å². The highest BCUT2D eigenvalue weighted by Gasteiger charge is 2.35. The maximum absolute atomic E-state index is 13.8. The molecule has 5 aromatic rings. The number of alkyl halides is 3. The van der Waals surface area contributed by atoms with Crippen molar-refractivity contribution < 1.29 is 31.9 Å². The molecule has 0 aliphatic heterocycles. The van der Waals surface area contributed by atoms with Crippen molar-refractivity contribution in [2.24, 2.45) is 5.73 Å². The van der Waals surface area contributed by atoms with Gasteiger partial charge in [-0.25, -0.2) is 4.98 Å². The molecule has 0 saturated heterocycles. The number of pyridine rings is 1. The van der Waals surface area contributed by atoms with Crippen molar-refractivity contribution in [1.29, 1.82) is 0 Å². The number of nitrogens with two attached hydrogens (primary N) is 1. The molecule has 42 heavy (non-hydrogen) atoms. The first-order valence-corrected chi connectivity index (χ1v) is 13.7. The van der Waals surface area contributed by atoms with E-state index in [9.17, 15) is 22.8 Å². The smallest absolute Gasteiger partial charge is 0.433 e. The molecule has 0 spiro atoms. The molecule has 4 aromatic heterocycles. The number of rotatable bonds is 8. The van der Waals surface area contributed by atoms with E-state index >= 15 is 0 Å². The van der Waals surface area contributed by atoms with Gasteiger partial charge in [-0.2, -0.15) is 18.3 Å². The van der Waals surface area contributed by atoms with Gasteiger partial charge in [0.1, 0.15) is 33.5 Å². The summed E-state index contributed by atoms with van der Waals surface area (Å²) in [6, 6.07) is 9.65. The Morgan fingerprint density at radius 1 is 1.12 bits per heavy atom. The zero-order valence-electron chi connectivity index (χ0n) is 23.0. The Balaban J connectivity index is 1.54. The normalized spacial score (nSPS) is 11.7. The summed E-state index contributed by atoms with van der Waals surface area (Å²) in [5.74, 6) is -0.692. The van der Waals surface area contributed by atoms with Gasteiger partial charge in [0.2, 0.25) is 0 Å². The molecule has 0 bridgehead atoms.